The Morgan fingerprint density at radius 3 is 2.38 bits per heavy atom. The molecule has 1 aliphatic rings. The highest BCUT2D eigenvalue weighted by molar-refractivity contribution is 5.77. The Bertz CT molecular complexity index is 537. The molecule has 0 aromatic heterocycles. The summed E-state index contributed by atoms with van der Waals surface area (Å²) >= 11 is 0. The Labute approximate surface area is 157 Å². The Kier molecular flexibility index (Phi) is 8.88. The highest BCUT2D eigenvalue weighted by Gasteiger charge is 2.18. The molecule has 1 aliphatic heterocycles. The van der Waals surface area contributed by atoms with Gasteiger partial charge in [-0.2, -0.15) is 0 Å². The number of carbonyl (C=O) groups excluding carboxylic acids is 1. The Balaban J connectivity index is 1.60. The lowest BCUT2D eigenvalue weighted by Crippen LogP contribution is -2.50. The minimum Gasteiger partial charge on any atom is -0.492 e. The van der Waals surface area contributed by atoms with E-state index in [0.717, 1.165) is 44.9 Å². The van der Waals surface area contributed by atoms with Gasteiger partial charge in [0.25, 0.3) is 0 Å². The van der Waals surface area contributed by atoms with Crippen molar-refractivity contribution in [3.63, 3.8) is 0 Å². The van der Waals surface area contributed by atoms with Gasteiger partial charge in [-0.15, -0.1) is 0 Å². The van der Waals surface area contributed by atoms with Gasteiger partial charge in [0.15, 0.2) is 0 Å². The molecule has 146 valence electrons. The second-order valence-electron chi connectivity index (χ2n) is 6.88. The van der Waals surface area contributed by atoms with Crippen LogP contribution in [0.3, 0.4) is 0 Å². The molecule has 26 heavy (non-hydrogen) atoms. The van der Waals surface area contributed by atoms with Gasteiger partial charge in [-0.1, -0.05) is 18.2 Å². The van der Waals surface area contributed by atoms with Crippen LogP contribution < -0.4 is 10.1 Å². The van der Waals surface area contributed by atoms with Crippen molar-refractivity contribution in [2.24, 2.45) is 0 Å². The number of para-hydroxylation sites is 1. The number of nitrogens with zero attached hydrogens (tertiary/aromatic N) is 2. The summed E-state index contributed by atoms with van der Waals surface area (Å²) in [6, 6.07) is 6.23. The molecule has 0 bridgehead atoms. The van der Waals surface area contributed by atoms with Crippen molar-refractivity contribution in [1.29, 1.82) is 0 Å². The summed E-state index contributed by atoms with van der Waals surface area (Å²) in [6.07, 6.45) is 0.858. The van der Waals surface area contributed by atoms with E-state index in [1.54, 1.807) is 7.11 Å². The predicted molar refractivity (Wildman–Crippen MR) is 104 cm³/mol. The average molecular weight is 364 g/mol. The quantitative estimate of drug-likeness (QED) is 0.638. The van der Waals surface area contributed by atoms with Crippen LogP contribution in [0.2, 0.25) is 0 Å². The first-order valence-corrected chi connectivity index (χ1v) is 9.49. The molecule has 0 aliphatic carbocycles. The number of aryl methyl sites for hydroxylation is 2. The van der Waals surface area contributed by atoms with Crippen LogP contribution in [0.15, 0.2) is 18.2 Å². The van der Waals surface area contributed by atoms with Gasteiger partial charge >= 0.3 is 0 Å². The van der Waals surface area contributed by atoms with Crippen molar-refractivity contribution in [3.8, 4) is 5.75 Å². The van der Waals surface area contributed by atoms with Crippen LogP contribution in [0.25, 0.3) is 0 Å². The smallest absolute Gasteiger partial charge is 0.234 e. The summed E-state index contributed by atoms with van der Waals surface area (Å²) in [5, 5.41) is 2.94. The number of hydrogen-bond donors (Lipinski definition) is 1. The van der Waals surface area contributed by atoms with Crippen LogP contribution in [0.4, 0.5) is 0 Å². The van der Waals surface area contributed by atoms with Gasteiger partial charge in [0.1, 0.15) is 12.4 Å². The second-order valence-corrected chi connectivity index (χ2v) is 6.88. The zero-order valence-electron chi connectivity index (χ0n) is 16.4. The maximum atomic E-state index is 11.9. The van der Waals surface area contributed by atoms with Crippen molar-refractivity contribution in [1.82, 2.24) is 15.1 Å². The molecule has 1 aromatic rings. The predicted octanol–water partition coefficient (Wildman–Crippen LogP) is 1.45. The molecule has 1 heterocycles. The Morgan fingerprint density at radius 1 is 1.08 bits per heavy atom. The number of hydrogen-bond acceptors (Lipinski definition) is 5. The molecular weight excluding hydrogens is 330 g/mol. The van der Waals surface area contributed by atoms with Gasteiger partial charge < -0.3 is 14.8 Å². The van der Waals surface area contributed by atoms with Gasteiger partial charge in [0, 0.05) is 53.0 Å². The van der Waals surface area contributed by atoms with Crippen molar-refractivity contribution in [2.75, 3.05) is 66.1 Å². The van der Waals surface area contributed by atoms with E-state index in [9.17, 15) is 4.79 Å². The summed E-state index contributed by atoms with van der Waals surface area (Å²) in [5.74, 6) is 1.11. The summed E-state index contributed by atoms with van der Waals surface area (Å²) in [6.45, 7) is 11.5. The minimum absolute atomic E-state index is 0.105. The fourth-order valence-corrected chi connectivity index (χ4v) is 3.18. The summed E-state index contributed by atoms with van der Waals surface area (Å²) in [7, 11) is 1.68. The minimum atomic E-state index is 0.105. The fourth-order valence-electron chi connectivity index (χ4n) is 3.18. The number of carbonyl (C=O) groups is 1. The van der Waals surface area contributed by atoms with Crippen molar-refractivity contribution in [3.05, 3.63) is 29.3 Å². The van der Waals surface area contributed by atoms with E-state index in [1.807, 2.05) is 0 Å². The molecule has 2 rings (SSSR count). The monoisotopic (exact) mass is 363 g/mol. The Morgan fingerprint density at radius 2 is 1.73 bits per heavy atom. The van der Waals surface area contributed by atoms with E-state index in [1.165, 1.54) is 11.1 Å². The van der Waals surface area contributed by atoms with Gasteiger partial charge in [-0.3, -0.25) is 14.6 Å². The molecular formula is C20H33N3O3. The van der Waals surface area contributed by atoms with Gasteiger partial charge in [-0.05, 0) is 31.4 Å². The molecule has 0 radical (unpaired) electrons. The maximum Gasteiger partial charge on any atom is 0.234 e. The van der Waals surface area contributed by atoms with Crippen molar-refractivity contribution in [2.45, 2.75) is 20.3 Å². The highest BCUT2D eigenvalue weighted by Crippen LogP contribution is 2.22. The lowest BCUT2D eigenvalue weighted by molar-refractivity contribution is -0.122. The molecule has 0 atom stereocenters. The average Bonchev–Trinajstić information content (AvgIpc) is 2.63. The van der Waals surface area contributed by atoms with Gasteiger partial charge in [0.05, 0.1) is 6.54 Å². The summed E-state index contributed by atoms with van der Waals surface area (Å²) < 4.78 is 11.0. The third-order valence-electron chi connectivity index (χ3n) is 4.74. The first-order valence-electron chi connectivity index (χ1n) is 9.49. The summed E-state index contributed by atoms with van der Waals surface area (Å²) in [5.41, 5.74) is 2.37. The number of ether oxygens (including phenoxy) is 2. The summed E-state index contributed by atoms with van der Waals surface area (Å²) in [4.78, 5) is 16.5. The topological polar surface area (TPSA) is 54.0 Å². The molecule has 1 N–H and O–H groups in total. The zero-order valence-corrected chi connectivity index (χ0v) is 16.4. The Hall–Kier alpha value is -1.63. The number of piperazine rings is 1. The first kappa shape index (κ1) is 20.7. The van der Waals surface area contributed by atoms with Crippen LogP contribution in [0, 0.1) is 13.8 Å². The van der Waals surface area contributed by atoms with Crippen LogP contribution in [-0.4, -0.2) is 81.8 Å². The molecule has 0 saturated carbocycles. The molecule has 1 aromatic carbocycles. The fraction of sp³-hybridized carbons (Fsp3) is 0.650. The van der Waals surface area contributed by atoms with Gasteiger partial charge in [-0.25, -0.2) is 0 Å². The number of benzene rings is 1. The van der Waals surface area contributed by atoms with E-state index in [-0.39, 0.29) is 5.91 Å². The molecule has 1 fully saturated rings. The SMILES string of the molecule is COCCCNC(=O)CN1CCN(CCOc2c(C)cccc2C)CC1. The second kappa shape index (κ2) is 11.2. The molecule has 0 spiro atoms. The van der Waals surface area contributed by atoms with Crippen LogP contribution >= 0.6 is 0 Å². The molecule has 0 unspecified atom stereocenters. The van der Waals surface area contributed by atoms with Crippen molar-refractivity contribution < 1.29 is 14.3 Å². The van der Waals surface area contributed by atoms with E-state index in [2.05, 4.69) is 47.2 Å². The molecule has 6 nitrogen and oxygen atoms in total. The van der Waals surface area contributed by atoms with Crippen LogP contribution in [0.5, 0.6) is 5.75 Å². The van der Waals surface area contributed by atoms with Gasteiger partial charge in [0.2, 0.25) is 5.91 Å². The number of methoxy groups -OCH3 is 1. The first-order chi connectivity index (χ1) is 12.6. The standard InChI is InChI=1S/C20H33N3O3/c1-17-6-4-7-18(2)20(17)26-15-13-22-9-11-23(12-10-22)16-19(24)21-8-5-14-25-3/h4,6-7H,5,8-16H2,1-3H3,(H,21,24). The lowest BCUT2D eigenvalue weighted by atomic mass is 10.1. The largest absolute Gasteiger partial charge is 0.492 e. The number of nitrogens with one attached hydrogen (secondary N) is 1. The zero-order chi connectivity index (χ0) is 18.8. The normalized spacial score (nSPS) is 15.8. The van der Waals surface area contributed by atoms with E-state index in [0.29, 0.717) is 26.3 Å². The number of amides is 1. The van der Waals surface area contributed by atoms with Crippen LogP contribution in [0.1, 0.15) is 17.5 Å². The lowest BCUT2D eigenvalue weighted by Gasteiger charge is -2.34. The maximum absolute atomic E-state index is 11.9. The van der Waals surface area contributed by atoms with E-state index >= 15 is 0 Å². The van der Waals surface area contributed by atoms with E-state index in [4.69, 9.17) is 9.47 Å². The molecule has 1 amide bonds. The third-order valence-corrected chi connectivity index (χ3v) is 4.74. The van der Waals surface area contributed by atoms with Crippen molar-refractivity contribution >= 4 is 5.91 Å². The number of rotatable bonds is 10. The third kappa shape index (κ3) is 6.94. The molecule has 6 heteroatoms. The van der Waals surface area contributed by atoms with E-state index < -0.39 is 0 Å². The highest BCUT2D eigenvalue weighted by atomic mass is 16.5. The van der Waals surface area contributed by atoms with Crippen LogP contribution in [-0.2, 0) is 9.53 Å². The molecule has 1 saturated heterocycles.